The molecule has 7 nitrogen and oxygen atoms in total. The van der Waals surface area contributed by atoms with Gasteiger partial charge in [-0.05, 0) is 18.9 Å². The molecule has 94 valence electrons. The van der Waals surface area contributed by atoms with Gasteiger partial charge >= 0.3 is 0 Å². The lowest BCUT2D eigenvalue weighted by Crippen LogP contribution is -2.47. The van der Waals surface area contributed by atoms with E-state index in [0.29, 0.717) is 25.1 Å². The largest absolute Gasteiger partial charge is 0.336 e. The predicted octanol–water partition coefficient (Wildman–Crippen LogP) is -0.697. The molecule has 2 rings (SSSR count). The molecule has 1 aromatic heterocycles. The molecule has 1 atom stereocenters. The number of nitrogens with one attached hydrogen (secondary N) is 1. The molecule has 1 aliphatic rings. The van der Waals surface area contributed by atoms with Crippen LogP contribution in [0.5, 0.6) is 0 Å². The number of rotatable bonds is 2. The molecule has 1 aliphatic heterocycles. The van der Waals surface area contributed by atoms with E-state index in [-0.39, 0.29) is 12.5 Å². The Balaban J connectivity index is 2.10. The predicted molar refractivity (Wildman–Crippen MR) is 60.6 cm³/mol. The Morgan fingerprint density at radius 2 is 2.35 bits per heavy atom. The lowest BCUT2D eigenvalue weighted by atomic mass is 10.1. The van der Waals surface area contributed by atoms with Crippen LogP contribution in [0.15, 0.2) is 12.3 Å². The monoisotopic (exact) mass is 258 g/mol. The quantitative estimate of drug-likeness (QED) is 0.731. The van der Waals surface area contributed by atoms with Gasteiger partial charge in [0.2, 0.25) is 10.0 Å². The SMILES string of the molecule is NS(=O)(=O)C1CCCN(C(=O)c2ccn[nH]2)C1. The zero-order valence-electron chi connectivity index (χ0n) is 9.17. The third-order valence-corrected chi connectivity index (χ3v) is 4.18. The van der Waals surface area contributed by atoms with Crippen molar-refractivity contribution in [3.63, 3.8) is 0 Å². The first kappa shape index (κ1) is 12.1. The molecular formula is C9H14N4O3S. The van der Waals surface area contributed by atoms with Crippen molar-refractivity contribution in [1.82, 2.24) is 15.1 Å². The normalized spacial score (nSPS) is 21.5. The van der Waals surface area contributed by atoms with Crippen molar-refractivity contribution < 1.29 is 13.2 Å². The number of nitrogens with zero attached hydrogens (tertiary/aromatic N) is 2. The summed E-state index contributed by atoms with van der Waals surface area (Å²) in [5.74, 6) is -0.240. The van der Waals surface area contributed by atoms with Gasteiger partial charge in [-0.1, -0.05) is 0 Å². The van der Waals surface area contributed by atoms with Gasteiger partial charge in [-0.2, -0.15) is 5.10 Å². The third-order valence-electron chi connectivity index (χ3n) is 2.86. The minimum Gasteiger partial charge on any atom is -0.336 e. The first-order chi connectivity index (χ1) is 7.98. The minimum atomic E-state index is -3.58. The summed E-state index contributed by atoms with van der Waals surface area (Å²) >= 11 is 0. The molecule has 3 N–H and O–H groups in total. The third kappa shape index (κ3) is 2.64. The van der Waals surface area contributed by atoms with Gasteiger partial charge < -0.3 is 4.90 Å². The van der Waals surface area contributed by atoms with E-state index >= 15 is 0 Å². The highest BCUT2D eigenvalue weighted by molar-refractivity contribution is 7.89. The van der Waals surface area contributed by atoms with Crippen molar-refractivity contribution in [2.24, 2.45) is 5.14 Å². The topological polar surface area (TPSA) is 109 Å². The summed E-state index contributed by atoms with van der Waals surface area (Å²) < 4.78 is 22.5. The van der Waals surface area contributed by atoms with E-state index in [1.165, 1.54) is 11.1 Å². The van der Waals surface area contributed by atoms with Gasteiger partial charge in [0.05, 0.1) is 5.25 Å². The summed E-state index contributed by atoms with van der Waals surface area (Å²) in [7, 11) is -3.58. The van der Waals surface area contributed by atoms with E-state index in [4.69, 9.17) is 5.14 Å². The number of H-pyrrole nitrogens is 1. The number of likely N-dealkylation sites (tertiary alicyclic amines) is 1. The number of aromatic nitrogens is 2. The molecule has 1 saturated heterocycles. The fraction of sp³-hybridized carbons (Fsp3) is 0.556. The van der Waals surface area contributed by atoms with Crippen LogP contribution in [0, 0.1) is 0 Å². The Morgan fingerprint density at radius 1 is 1.59 bits per heavy atom. The number of primary sulfonamides is 1. The molecule has 0 bridgehead atoms. The number of nitrogens with two attached hydrogens (primary N) is 1. The fourth-order valence-corrected chi connectivity index (χ4v) is 2.82. The van der Waals surface area contributed by atoms with Gasteiger partial charge in [0, 0.05) is 19.3 Å². The van der Waals surface area contributed by atoms with Crippen molar-refractivity contribution in [1.29, 1.82) is 0 Å². The molecule has 1 amide bonds. The van der Waals surface area contributed by atoms with Gasteiger partial charge in [-0.25, -0.2) is 13.6 Å². The summed E-state index contributed by atoms with van der Waals surface area (Å²) in [5, 5.41) is 10.7. The van der Waals surface area contributed by atoms with Crippen molar-refractivity contribution in [2.45, 2.75) is 18.1 Å². The highest BCUT2D eigenvalue weighted by Crippen LogP contribution is 2.16. The van der Waals surface area contributed by atoms with Crippen LogP contribution >= 0.6 is 0 Å². The number of piperidine rings is 1. The Kier molecular flexibility index (Phi) is 3.16. The van der Waals surface area contributed by atoms with Gasteiger partial charge in [-0.3, -0.25) is 9.89 Å². The number of hydrogen-bond donors (Lipinski definition) is 2. The lowest BCUT2D eigenvalue weighted by molar-refractivity contribution is 0.0721. The highest BCUT2D eigenvalue weighted by atomic mass is 32.2. The second-order valence-corrected chi connectivity index (χ2v) is 5.92. The number of sulfonamides is 1. The summed E-state index contributed by atoms with van der Waals surface area (Å²) in [6.07, 6.45) is 2.63. The summed E-state index contributed by atoms with van der Waals surface area (Å²) in [4.78, 5) is 13.4. The zero-order valence-corrected chi connectivity index (χ0v) is 9.98. The molecule has 8 heteroatoms. The minimum absolute atomic E-state index is 0.149. The van der Waals surface area contributed by atoms with Crippen LogP contribution < -0.4 is 5.14 Å². The second-order valence-electron chi connectivity index (χ2n) is 4.07. The van der Waals surface area contributed by atoms with Crippen LogP contribution in [-0.2, 0) is 10.0 Å². The molecule has 0 aliphatic carbocycles. The first-order valence-electron chi connectivity index (χ1n) is 5.29. The molecule has 2 heterocycles. The van der Waals surface area contributed by atoms with E-state index in [1.54, 1.807) is 6.07 Å². The molecule has 1 aromatic rings. The number of amides is 1. The standard InChI is InChI=1S/C9H14N4O3S/c10-17(15,16)7-2-1-5-13(6-7)9(14)8-3-4-11-12-8/h3-4,7H,1-2,5-6H2,(H,11,12)(H2,10,15,16). The highest BCUT2D eigenvalue weighted by Gasteiger charge is 2.31. The van der Waals surface area contributed by atoms with Crippen LogP contribution in [0.3, 0.4) is 0 Å². The van der Waals surface area contributed by atoms with Crippen LogP contribution in [-0.4, -0.2) is 47.8 Å². The number of carbonyl (C=O) groups is 1. The molecule has 0 aromatic carbocycles. The maximum absolute atomic E-state index is 12.0. The van der Waals surface area contributed by atoms with E-state index < -0.39 is 15.3 Å². The number of aromatic amines is 1. The first-order valence-corrected chi connectivity index (χ1v) is 6.89. The van der Waals surface area contributed by atoms with Gasteiger partial charge in [0.15, 0.2) is 0 Å². The van der Waals surface area contributed by atoms with E-state index in [2.05, 4.69) is 10.2 Å². The van der Waals surface area contributed by atoms with Gasteiger partial charge in [-0.15, -0.1) is 0 Å². The molecule has 1 unspecified atom stereocenters. The summed E-state index contributed by atoms with van der Waals surface area (Å²) in [6, 6.07) is 1.56. The van der Waals surface area contributed by atoms with Crippen molar-refractivity contribution in [3.8, 4) is 0 Å². The summed E-state index contributed by atoms with van der Waals surface area (Å²) in [6.45, 7) is 0.695. The maximum Gasteiger partial charge on any atom is 0.271 e. The van der Waals surface area contributed by atoms with Crippen molar-refractivity contribution in [3.05, 3.63) is 18.0 Å². The van der Waals surface area contributed by atoms with Crippen LogP contribution in [0.1, 0.15) is 23.3 Å². The van der Waals surface area contributed by atoms with Gasteiger partial charge in [0.25, 0.3) is 5.91 Å². The lowest BCUT2D eigenvalue weighted by Gasteiger charge is -2.31. The Morgan fingerprint density at radius 3 is 2.94 bits per heavy atom. The fourth-order valence-electron chi connectivity index (χ4n) is 1.94. The molecule has 0 spiro atoms. The van der Waals surface area contributed by atoms with Crippen LogP contribution in [0.2, 0.25) is 0 Å². The average molecular weight is 258 g/mol. The Labute approximate surface area is 99.0 Å². The van der Waals surface area contributed by atoms with Crippen molar-refractivity contribution >= 4 is 15.9 Å². The van der Waals surface area contributed by atoms with Crippen LogP contribution in [0.4, 0.5) is 0 Å². The van der Waals surface area contributed by atoms with Gasteiger partial charge in [0.1, 0.15) is 5.69 Å². The summed E-state index contributed by atoms with van der Waals surface area (Å²) in [5.41, 5.74) is 0.361. The second kappa shape index (κ2) is 4.46. The Hall–Kier alpha value is -1.41. The molecular weight excluding hydrogens is 244 g/mol. The number of hydrogen-bond acceptors (Lipinski definition) is 4. The Bertz CT molecular complexity index is 496. The number of carbonyl (C=O) groups excluding carboxylic acids is 1. The average Bonchev–Trinajstić information content (AvgIpc) is 2.80. The molecule has 0 saturated carbocycles. The maximum atomic E-state index is 12.0. The van der Waals surface area contributed by atoms with Crippen molar-refractivity contribution in [2.75, 3.05) is 13.1 Å². The van der Waals surface area contributed by atoms with Crippen LogP contribution in [0.25, 0.3) is 0 Å². The zero-order chi connectivity index (χ0) is 12.5. The van der Waals surface area contributed by atoms with E-state index in [1.807, 2.05) is 0 Å². The molecule has 17 heavy (non-hydrogen) atoms. The molecule has 0 radical (unpaired) electrons. The molecule has 1 fully saturated rings. The smallest absolute Gasteiger partial charge is 0.271 e. The van der Waals surface area contributed by atoms with E-state index in [9.17, 15) is 13.2 Å². The van der Waals surface area contributed by atoms with E-state index in [0.717, 1.165) is 0 Å².